The SMILES string of the molecule is CCCCCCC1(C)C[NH2+]CCO1.F[P-](F)(F)(F)(F)F. The van der Waals surface area contributed by atoms with Crippen molar-refractivity contribution in [2.75, 3.05) is 19.7 Å². The van der Waals surface area contributed by atoms with E-state index in [1.807, 2.05) is 0 Å². The quantitative estimate of drug-likeness (QED) is 0.441. The van der Waals surface area contributed by atoms with E-state index in [4.69, 9.17) is 4.74 Å². The summed E-state index contributed by atoms with van der Waals surface area (Å²) in [6.45, 7) is 7.75. The molecule has 126 valence electrons. The minimum atomic E-state index is -10.7. The fourth-order valence-corrected chi connectivity index (χ4v) is 1.95. The van der Waals surface area contributed by atoms with Gasteiger partial charge in [-0.15, -0.1) is 0 Å². The summed E-state index contributed by atoms with van der Waals surface area (Å²) in [5.74, 6) is 0. The summed E-state index contributed by atoms with van der Waals surface area (Å²) in [5, 5.41) is 2.38. The molecular weight excluding hydrogens is 307 g/mol. The summed E-state index contributed by atoms with van der Waals surface area (Å²) in [6.07, 6.45) is 6.64. The van der Waals surface area contributed by atoms with Gasteiger partial charge in [-0.1, -0.05) is 32.6 Å². The normalized spacial score (nSPS) is 27.0. The van der Waals surface area contributed by atoms with Crippen molar-refractivity contribution in [3.8, 4) is 0 Å². The number of nitrogens with two attached hydrogens (primary N) is 1. The summed E-state index contributed by atoms with van der Waals surface area (Å²) in [7, 11) is -10.7. The molecule has 0 aromatic heterocycles. The van der Waals surface area contributed by atoms with Gasteiger partial charge in [0.1, 0.15) is 12.1 Å². The molecule has 0 saturated carbocycles. The molecule has 1 rings (SSSR count). The molecule has 1 atom stereocenters. The molecule has 0 spiro atoms. The van der Waals surface area contributed by atoms with Gasteiger partial charge in [-0.2, -0.15) is 0 Å². The summed E-state index contributed by atoms with van der Waals surface area (Å²) < 4.78 is 65.0. The fraction of sp³-hybridized carbons (Fsp3) is 1.00. The summed E-state index contributed by atoms with van der Waals surface area (Å²) >= 11 is 0. The molecule has 0 aromatic rings. The molecular formula is C11H24F6NOP. The van der Waals surface area contributed by atoms with Crippen molar-refractivity contribution in [3.63, 3.8) is 0 Å². The third kappa shape index (κ3) is 17.9. The molecule has 20 heavy (non-hydrogen) atoms. The Bertz CT molecular complexity index is 273. The number of ether oxygens (including phenoxy) is 1. The molecule has 0 aromatic carbocycles. The van der Waals surface area contributed by atoms with Crippen LogP contribution >= 0.6 is 7.81 Å². The van der Waals surface area contributed by atoms with Gasteiger partial charge in [0.15, 0.2) is 0 Å². The predicted octanol–water partition coefficient (Wildman–Crippen LogP) is 4.69. The number of hydrogen-bond acceptors (Lipinski definition) is 1. The van der Waals surface area contributed by atoms with Gasteiger partial charge < -0.3 is 10.1 Å². The first-order valence-electron chi connectivity index (χ1n) is 6.74. The zero-order valence-corrected chi connectivity index (χ0v) is 12.8. The molecule has 0 aliphatic carbocycles. The Kier molecular flexibility index (Phi) is 6.34. The van der Waals surface area contributed by atoms with Gasteiger partial charge in [0.25, 0.3) is 0 Å². The first-order valence-corrected chi connectivity index (χ1v) is 8.77. The van der Waals surface area contributed by atoms with E-state index in [9.17, 15) is 25.2 Å². The molecule has 0 radical (unpaired) electrons. The second-order valence-corrected chi connectivity index (χ2v) is 7.27. The van der Waals surface area contributed by atoms with Gasteiger partial charge in [0.2, 0.25) is 0 Å². The van der Waals surface area contributed by atoms with E-state index in [1.165, 1.54) is 32.1 Å². The van der Waals surface area contributed by atoms with Gasteiger partial charge in [-0.25, -0.2) is 0 Å². The van der Waals surface area contributed by atoms with Crippen LogP contribution in [-0.2, 0) is 4.74 Å². The van der Waals surface area contributed by atoms with Crippen LogP contribution in [0.5, 0.6) is 0 Å². The summed E-state index contributed by atoms with van der Waals surface area (Å²) in [6, 6.07) is 0. The molecule has 0 amide bonds. The van der Waals surface area contributed by atoms with Crippen LogP contribution in [0.25, 0.3) is 0 Å². The molecule has 1 aliphatic heterocycles. The van der Waals surface area contributed by atoms with Crippen LogP contribution in [0.2, 0.25) is 0 Å². The van der Waals surface area contributed by atoms with E-state index < -0.39 is 7.81 Å². The molecule has 1 unspecified atom stereocenters. The Morgan fingerprint density at radius 3 is 2.00 bits per heavy atom. The average molecular weight is 331 g/mol. The zero-order chi connectivity index (χ0) is 16.0. The van der Waals surface area contributed by atoms with Gasteiger partial charge in [-0.3, -0.25) is 0 Å². The number of rotatable bonds is 5. The first kappa shape index (κ1) is 19.9. The van der Waals surface area contributed by atoms with E-state index in [1.54, 1.807) is 0 Å². The second-order valence-electron chi connectivity index (χ2n) is 5.35. The van der Waals surface area contributed by atoms with E-state index in [-0.39, 0.29) is 5.60 Å². The molecule has 1 heterocycles. The van der Waals surface area contributed by atoms with Gasteiger partial charge in [0.05, 0.1) is 13.2 Å². The molecule has 2 nitrogen and oxygen atoms in total. The maximum atomic E-state index is 9.87. The van der Waals surface area contributed by atoms with Crippen molar-refractivity contribution in [1.29, 1.82) is 0 Å². The topological polar surface area (TPSA) is 25.8 Å². The Hall–Kier alpha value is -0.0700. The molecule has 9 heteroatoms. The number of halogens is 6. The van der Waals surface area contributed by atoms with Gasteiger partial charge in [-0.05, 0) is 13.3 Å². The Labute approximate surface area is 115 Å². The summed E-state index contributed by atoms with van der Waals surface area (Å²) in [5.41, 5.74) is 0.173. The van der Waals surface area contributed by atoms with Crippen LogP contribution in [-0.4, -0.2) is 25.3 Å². The van der Waals surface area contributed by atoms with Gasteiger partial charge in [0, 0.05) is 0 Å². The third-order valence-corrected chi connectivity index (χ3v) is 2.91. The molecule has 2 N–H and O–H groups in total. The fourth-order valence-electron chi connectivity index (χ4n) is 1.95. The third-order valence-electron chi connectivity index (χ3n) is 2.91. The number of hydrogen-bond donors (Lipinski definition) is 1. The van der Waals surface area contributed by atoms with E-state index in [2.05, 4.69) is 19.2 Å². The van der Waals surface area contributed by atoms with Crippen LogP contribution in [0.3, 0.4) is 0 Å². The summed E-state index contributed by atoms with van der Waals surface area (Å²) in [4.78, 5) is 0. The van der Waals surface area contributed by atoms with Crippen molar-refractivity contribution in [1.82, 2.24) is 0 Å². The Morgan fingerprint density at radius 1 is 1.05 bits per heavy atom. The number of unbranched alkanes of at least 4 members (excludes halogenated alkanes) is 3. The van der Waals surface area contributed by atoms with Crippen LogP contribution in [0, 0.1) is 0 Å². The van der Waals surface area contributed by atoms with Crippen LogP contribution in [0.4, 0.5) is 25.2 Å². The zero-order valence-electron chi connectivity index (χ0n) is 11.9. The van der Waals surface area contributed by atoms with Crippen LogP contribution < -0.4 is 5.32 Å². The monoisotopic (exact) mass is 331 g/mol. The van der Waals surface area contributed by atoms with Crippen LogP contribution in [0.1, 0.15) is 46.0 Å². The Balaban J connectivity index is 0.000000441. The van der Waals surface area contributed by atoms with Crippen molar-refractivity contribution in [2.45, 2.75) is 51.6 Å². The van der Waals surface area contributed by atoms with Gasteiger partial charge >= 0.3 is 33.0 Å². The minimum absolute atomic E-state index is 0.173. The number of morpholine rings is 1. The van der Waals surface area contributed by atoms with Crippen molar-refractivity contribution in [2.24, 2.45) is 0 Å². The Morgan fingerprint density at radius 2 is 1.60 bits per heavy atom. The molecule has 1 saturated heterocycles. The molecule has 1 aliphatic rings. The second kappa shape index (κ2) is 6.36. The number of quaternary nitrogens is 1. The predicted molar refractivity (Wildman–Crippen MR) is 68.3 cm³/mol. The molecule has 1 fully saturated rings. The van der Waals surface area contributed by atoms with Crippen LogP contribution in [0.15, 0.2) is 0 Å². The standard InChI is InChI=1S/C11H23NO.F6P/c1-3-4-5-6-7-11(2)10-12-8-9-13-11;1-7(2,3,4,5)6/h12H,3-10H2,1-2H3;/q;-1/p+1. The van der Waals surface area contributed by atoms with Crippen molar-refractivity contribution in [3.05, 3.63) is 0 Å². The molecule has 0 bridgehead atoms. The van der Waals surface area contributed by atoms with Crippen molar-refractivity contribution < 1.29 is 35.2 Å². The maximum absolute atomic E-state index is 10.7. The average Bonchev–Trinajstić information content (AvgIpc) is 2.21. The van der Waals surface area contributed by atoms with E-state index in [0.29, 0.717) is 0 Å². The van der Waals surface area contributed by atoms with E-state index >= 15 is 0 Å². The first-order chi connectivity index (χ1) is 8.72. The van der Waals surface area contributed by atoms with E-state index in [0.717, 1.165) is 19.7 Å². The van der Waals surface area contributed by atoms with Crippen molar-refractivity contribution >= 4 is 7.81 Å².